The molecule has 7 heteroatoms. The van der Waals surface area contributed by atoms with Gasteiger partial charge in [-0.1, -0.05) is 0 Å². The van der Waals surface area contributed by atoms with Gasteiger partial charge in [0, 0.05) is 26.0 Å². The standard InChI is InChI=1S/C16H20NO.ClHO4/c1-11-6-15(7-12(2)17(11)5)10-16-8-13(3)18-14(4)9-16;2-1(3,4)5/h6-10H,1-5H3;(H,2,3,4,5)/q+1;/p-1. The average Bonchev–Trinajstić information content (AvgIpc) is 2.32. The number of aryl methyl sites for hydroxylation is 2. The van der Waals surface area contributed by atoms with Gasteiger partial charge in [0.05, 0.1) is 0 Å². The summed E-state index contributed by atoms with van der Waals surface area (Å²) in [6.45, 7) is 8.21. The molecular weight excluding hydrogens is 322 g/mol. The summed E-state index contributed by atoms with van der Waals surface area (Å²) in [4.78, 5) is 0. The average molecular weight is 342 g/mol. The van der Waals surface area contributed by atoms with Gasteiger partial charge in [-0.25, -0.2) is 23.2 Å². The highest BCUT2D eigenvalue weighted by Gasteiger charge is 2.08. The van der Waals surface area contributed by atoms with E-state index in [1.165, 1.54) is 22.5 Å². The molecule has 126 valence electrons. The van der Waals surface area contributed by atoms with Crippen LogP contribution in [0.2, 0.25) is 0 Å². The summed E-state index contributed by atoms with van der Waals surface area (Å²) < 4.78 is 41.7. The van der Waals surface area contributed by atoms with E-state index >= 15 is 0 Å². The monoisotopic (exact) mass is 341 g/mol. The lowest BCUT2D eigenvalue weighted by atomic mass is 10.1. The van der Waals surface area contributed by atoms with Crippen molar-refractivity contribution in [2.24, 2.45) is 7.05 Å². The Kier molecular flexibility index (Phi) is 6.49. The van der Waals surface area contributed by atoms with Crippen molar-refractivity contribution < 1.29 is 38.2 Å². The van der Waals surface area contributed by atoms with Gasteiger partial charge < -0.3 is 4.74 Å². The minimum Gasteiger partial charge on any atom is -0.467 e. The molecule has 23 heavy (non-hydrogen) atoms. The maximum Gasteiger partial charge on any atom is 0.178 e. The fraction of sp³-hybridized carbons (Fsp3) is 0.312. The van der Waals surface area contributed by atoms with Gasteiger partial charge in [-0.05, 0) is 43.2 Å². The van der Waals surface area contributed by atoms with Crippen LogP contribution < -0.4 is 23.2 Å². The van der Waals surface area contributed by atoms with Crippen molar-refractivity contribution in [3.05, 3.63) is 58.3 Å². The Morgan fingerprint density at radius 1 is 0.913 bits per heavy atom. The van der Waals surface area contributed by atoms with E-state index in [9.17, 15) is 0 Å². The van der Waals surface area contributed by atoms with Crippen LogP contribution >= 0.6 is 0 Å². The van der Waals surface area contributed by atoms with Crippen LogP contribution in [0.3, 0.4) is 0 Å². The molecule has 2 rings (SSSR count). The maximum absolute atomic E-state index is 8.49. The van der Waals surface area contributed by atoms with E-state index in [0.29, 0.717) is 0 Å². The summed E-state index contributed by atoms with van der Waals surface area (Å²) >= 11 is 0. The van der Waals surface area contributed by atoms with Crippen LogP contribution in [0.1, 0.15) is 30.8 Å². The van der Waals surface area contributed by atoms with Gasteiger partial charge in [-0.2, -0.15) is 0 Å². The molecule has 0 bridgehead atoms. The molecule has 1 aliphatic heterocycles. The first kappa shape index (κ1) is 19.3. The molecule has 0 radical (unpaired) electrons. The summed E-state index contributed by atoms with van der Waals surface area (Å²) in [6, 6.07) is 4.39. The Morgan fingerprint density at radius 3 is 1.70 bits per heavy atom. The normalized spacial score (nSPS) is 14.2. The SMILES string of the molecule is CC1=CC(=Cc2cc(C)[n+](C)c(C)c2)C=C(C)O1.[O-][Cl+3]([O-])([O-])[O-]. The molecule has 0 spiro atoms. The van der Waals surface area contributed by atoms with E-state index in [1.54, 1.807) is 0 Å². The Labute approximate surface area is 138 Å². The number of rotatable bonds is 1. The van der Waals surface area contributed by atoms with E-state index in [4.69, 9.17) is 23.4 Å². The molecule has 0 amide bonds. The zero-order valence-corrected chi connectivity index (χ0v) is 14.5. The van der Waals surface area contributed by atoms with Crippen LogP contribution in [-0.4, -0.2) is 0 Å². The van der Waals surface area contributed by atoms with Crippen molar-refractivity contribution in [1.29, 1.82) is 0 Å². The number of ether oxygens (including phenoxy) is 1. The molecule has 0 saturated carbocycles. The molecule has 0 N–H and O–H groups in total. The summed E-state index contributed by atoms with van der Waals surface area (Å²) in [5.41, 5.74) is 4.93. The van der Waals surface area contributed by atoms with Crippen molar-refractivity contribution in [2.45, 2.75) is 27.7 Å². The first-order chi connectivity index (χ1) is 10.5. The zero-order valence-electron chi connectivity index (χ0n) is 13.8. The van der Waals surface area contributed by atoms with E-state index in [0.717, 1.165) is 11.5 Å². The predicted octanol–water partition coefficient (Wildman–Crippen LogP) is -1.41. The fourth-order valence-corrected chi connectivity index (χ4v) is 2.18. The second-order valence-electron chi connectivity index (χ2n) is 5.26. The predicted molar refractivity (Wildman–Crippen MR) is 73.7 cm³/mol. The maximum atomic E-state index is 8.49. The van der Waals surface area contributed by atoms with Crippen LogP contribution in [-0.2, 0) is 11.8 Å². The van der Waals surface area contributed by atoms with E-state index in [2.05, 4.69) is 55.8 Å². The first-order valence-electron chi connectivity index (χ1n) is 6.81. The first-order valence-corrected chi connectivity index (χ1v) is 8.04. The van der Waals surface area contributed by atoms with Crippen LogP contribution in [0, 0.1) is 24.1 Å². The molecular formula is C16H20ClNO5. The number of pyridine rings is 1. The summed E-state index contributed by atoms with van der Waals surface area (Å²) in [5, 5.41) is 0. The topological polar surface area (TPSA) is 105 Å². The highest BCUT2D eigenvalue weighted by Crippen LogP contribution is 2.20. The summed E-state index contributed by atoms with van der Waals surface area (Å²) in [6.07, 6.45) is 6.31. The van der Waals surface area contributed by atoms with E-state index < -0.39 is 10.2 Å². The van der Waals surface area contributed by atoms with Gasteiger partial charge in [0.2, 0.25) is 0 Å². The largest absolute Gasteiger partial charge is 0.467 e. The number of nitrogens with zero attached hydrogens (tertiary/aromatic N) is 1. The van der Waals surface area contributed by atoms with E-state index in [1.807, 2.05) is 13.8 Å². The van der Waals surface area contributed by atoms with Crippen molar-refractivity contribution >= 4 is 6.08 Å². The second-order valence-corrected chi connectivity index (χ2v) is 6.02. The molecule has 0 atom stereocenters. The van der Waals surface area contributed by atoms with Gasteiger partial charge in [-0.15, -0.1) is 10.2 Å². The van der Waals surface area contributed by atoms with Crippen molar-refractivity contribution in [3.63, 3.8) is 0 Å². The number of aromatic nitrogens is 1. The number of hydrogen-bond acceptors (Lipinski definition) is 5. The molecule has 0 aliphatic carbocycles. The molecule has 1 aliphatic rings. The Hall–Kier alpha value is -1.70. The number of allylic oxidation sites excluding steroid dienone is 5. The number of hydrogen-bond donors (Lipinski definition) is 0. The molecule has 0 saturated heterocycles. The molecule has 6 nitrogen and oxygen atoms in total. The molecule has 0 fully saturated rings. The van der Waals surface area contributed by atoms with Gasteiger partial charge >= 0.3 is 0 Å². The third kappa shape index (κ3) is 7.40. The summed E-state index contributed by atoms with van der Waals surface area (Å²) in [7, 11) is -2.86. The highest BCUT2D eigenvalue weighted by atomic mass is 35.7. The lowest BCUT2D eigenvalue weighted by Crippen LogP contribution is -2.68. The second kappa shape index (κ2) is 7.72. The highest BCUT2D eigenvalue weighted by molar-refractivity contribution is 5.60. The molecule has 1 aromatic rings. The van der Waals surface area contributed by atoms with Crippen LogP contribution in [0.25, 0.3) is 6.08 Å². The Balaban J connectivity index is 0.000000463. The van der Waals surface area contributed by atoms with Gasteiger partial charge in [0.15, 0.2) is 11.4 Å². The van der Waals surface area contributed by atoms with Gasteiger partial charge in [0.1, 0.15) is 18.6 Å². The van der Waals surface area contributed by atoms with Crippen LogP contribution in [0.5, 0.6) is 0 Å². The number of halogens is 1. The molecule has 1 aromatic heterocycles. The minimum atomic E-state index is -4.94. The third-order valence-corrected chi connectivity index (χ3v) is 3.20. The third-order valence-electron chi connectivity index (χ3n) is 3.20. The van der Waals surface area contributed by atoms with Crippen LogP contribution in [0.4, 0.5) is 0 Å². The lowest BCUT2D eigenvalue weighted by molar-refractivity contribution is -2.00. The van der Waals surface area contributed by atoms with Crippen LogP contribution in [0.15, 0.2) is 41.4 Å². The zero-order chi connectivity index (χ0) is 17.8. The van der Waals surface area contributed by atoms with Gasteiger partial charge in [-0.3, -0.25) is 0 Å². The quantitative estimate of drug-likeness (QED) is 0.584. The fourth-order valence-electron chi connectivity index (χ4n) is 2.18. The van der Waals surface area contributed by atoms with Gasteiger partial charge in [0.25, 0.3) is 0 Å². The molecule has 2 heterocycles. The Bertz CT molecular complexity index is 623. The van der Waals surface area contributed by atoms with E-state index in [-0.39, 0.29) is 0 Å². The Morgan fingerprint density at radius 2 is 1.30 bits per heavy atom. The molecule has 0 unspecified atom stereocenters. The van der Waals surface area contributed by atoms with Crippen molar-refractivity contribution in [1.82, 2.24) is 0 Å². The summed E-state index contributed by atoms with van der Waals surface area (Å²) in [5.74, 6) is 1.88. The lowest BCUT2D eigenvalue weighted by Gasteiger charge is -2.17. The smallest absolute Gasteiger partial charge is 0.178 e. The van der Waals surface area contributed by atoms with Crippen molar-refractivity contribution in [3.8, 4) is 0 Å². The van der Waals surface area contributed by atoms with Crippen molar-refractivity contribution in [2.75, 3.05) is 0 Å². The minimum absolute atomic E-state index is 0.941. The molecule has 0 aromatic carbocycles.